The zero-order valence-electron chi connectivity index (χ0n) is 31.9. The molecule has 0 amide bonds. The molecule has 0 radical (unpaired) electrons. The Labute approximate surface area is 341 Å². The highest BCUT2D eigenvalue weighted by atomic mass is 15.0. The molecule has 0 saturated heterocycles. The SMILES string of the molecule is c1ccc(-c2ccc(-c3nc(-c4ccccc4)nc(-c4ccc5c(c4)c4c6cccc7c6c(cc4n5-c4ccccc4)-c4ccccc4-c4ccccc4-7)n3)cc2)cc1. The largest absolute Gasteiger partial charge is 0.309 e. The van der Waals surface area contributed by atoms with Gasteiger partial charge in [0.25, 0.3) is 0 Å². The Kier molecular flexibility index (Phi) is 7.50. The van der Waals surface area contributed by atoms with Crippen LogP contribution in [0.3, 0.4) is 0 Å². The Balaban J connectivity index is 1.13. The average Bonchev–Trinajstić information content (AvgIpc) is 3.59. The van der Waals surface area contributed by atoms with Crippen LogP contribution in [0.25, 0.3) is 117 Å². The van der Waals surface area contributed by atoms with Gasteiger partial charge in [-0.05, 0) is 91.7 Å². The molecule has 2 aromatic heterocycles. The van der Waals surface area contributed by atoms with Gasteiger partial charge in [-0.1, -0.05) is 170 Å². The first kappa shape index (κ1) is 33.2. The van der Waals surface area contributed by atoms with Crippen LogP contribution in [-0.4, -0.2) is 19.5 Å². The summed E-state index contributed by atoms with van der Waals surface area (Å²) in [4.78, 5) is 15.4. The zero-order valence-corrected chi connectivity index (χ0v) is 31.9. The first-order valence-electron chi connectivity index (χ1n) is 20.0. The molecule has 4 heteroatoms. The third-order valence-corrected chi connectivity index (χ3v) is 11.8. The summed E-state index contributed by atoms with van der Waals surface area (Å²) >= 11 is 0. The van der Waals surface area contributed by atoms with E-state index in [1.807, 2.05) is 24.3 Å². The quantitative estimate of drug-likeness (QED) is 0.176. The molecule has 0 saturated carbocycles. The number of hydrogen-bond acceptors (Lipinski definition) is 3. The molecule has 4 nitrogen and oxygen atoms in total. The molecule has 9 aromatic carbocycles. The summed E-state index contributed by atoms with van der Waals surface area (Å²) in [5, 5.41) is 4.84. The van der Waals surface area contributed by atoms with Crippen LogP contribution in [0, 0.1) is 0 Å². The molecular weight excluding hydrogens is 717 g/mol. The van der Waals surface area contributed by atoms with Gasteiger partial charge in [-0.15, -0.1) is 0 Å². The van der Waals surface area contributed by atoms with Crippen molar-refractivity contribution in [1.82, 2.24) is 19.5 Å². The topological polar surface area (TPSA) is 43.6 Å². The van der Waals surface area contributed by atoms with Crippen LogP contribution < -0.4 is 0 Å². The van der Waals surface area contributed by atoms with Crippen LogP contribution in [0.2, 0.25) is 0 Å². The lowest BCUT2D eigenvalue weighted by Crippen LogP contribution is -2.00. The Morgan fingerprint density at radius 2 is 0.729 bits per heavy atom. The van der Waals surface area contributed by atoms with E-state index in [1.165, 1.54) is 55.1 Å². The van der Waals surface area contributed by atoms with E-state index in [0.717, 1.165) is 44.4 Å². The highest BCUT2D eigenvalue weighted by Crippen LogP contribution is 2.51. The highest BCUT2D eigenvalue weighted by Gasteiger charge is 2.25. The number of benzene rings is 9. The molecule has 59 heavy (non-hydrogen) atoms. The third kappa shape index (κ3) is 5.34. The Hall–Kier alpha value is -7.95. The minimum Gasteiger partial charge on any atom is -0.309 e. The zero-order chi connectivity index (χ0) is 38.9. The molecule has 2 heterocycles. The fourth-order valence-electron chi connectivity index (χ4n) is 9.12. The molecule has 1 aliphatic carbocycles. The van der Waals surface area contributed by atoms with E-state index in [0.29, 0.717) is 17.5 Å². The van der Waals surface area contributed by atoms with Gasteiger partial charge in [0, 0.05) is 33.2 Å². The summed E-state index contributed by atoms with van der Waals surface area (Å²) in [5.74, 6) is 1.90. The van der Waals surface area contributed by atoms with Crippen molar-refractivity contribution in [2.45, 2.75) is 0 Å². The van der Waals surface area contributed by atoms with Crippen molar-refractivity contribution < 1.29 is 0 Å². The second-order valence-electron chi connectivity index (χ2n) is 15.2. The molecule has 0 unspecified atom stereocenters. The van der Waals surface area contributed by atoms with Gasteiger partial charge < -0.3 is 4.57 Å². The van der Waals surface area contributed by atoms with Gasteiger partial charge in [0.05, 0.1) is 11.0 Å². The summed E-state index contributed by atoms with van der Waals surface area (Å²) < 4.78 is 2.42. The van der Waals surface area contributed by atoms with Gasteiger partial charge in [-0.3, -0.25) is 0 Å². The minimum absolute atomic E-state index is 0.630. The molecular formula is C55H34N4. The molecule has 0 N–H and O–H groups in total. The van der Waals surface area contributed by atoms with Crippen LogP contribution in [0.4, 0.5) is 0 Å². The van der Waals surface area contributed by atoms with E-state index in [4.69, 9.17) is 15.0 Å². The van der Waals surface area contributed by atoms with E-state index < -0.39 is 0 Å². The fraction of sp³-hybridized carbons (Fsp3) is 0. The molecule has 0 bridgehead atoms. The van der Waals surface area contributed by atoms with Crippen molar-refractivity contribution in [3.63, 3.8) is 0 Å². The van der Waals surface area contributed by atoms with Gasteiger partial charge in [-0.2, -0.15) is 0 Å². The van der Waals surface area contributed by atoms with Gasteiger partial charge >= 0.3 is 0 Å². The minimum atomic E-state index is 0.630. The van der Waals surface area contributed by atoms with Crippen molar-refractivity contribution in [3.8, 4) is 84.4 Å². The number of para-hydroxylation sites is 1. The smallest absolute Gasteiger partial charge is 0.164 e. The Morgan fingerprint density at radius 3 is 1.37 bits per heavy atom. The number of hydrogen-bond donors (Lipinski definition) is 0. The predicted molar refractivity (Wildman–Crippen MR) is 243 cm³/mol. The normalized spacial score (nSPS) is 11.7. The Morgan fingerprint density at radius 1 is 0.271 bits per heavy atom. The van der Waals surface area contributed by atoms with E-state index in [-0.39, 0.29) is 0 Å². The molecule has 0 aliphatic heterocycles. The lowest BCUT2D eigenvalue weighted by molar-refractivity contribution is 1.07. The second-order valence-corrected chi connectivity index (χ2v) is 15.2. The van der Waals surface area contributed by atoms with E-state index in [2.05, 4.69) is 187 Å². The molecule has 12 rings (SSSR count). The maximum atomic E-state index is 5.20. The maximum Gasteiger partial charge on any atom is 0.164 e. The van der Waals surface area contributed by atoms with E-state index >= 15 is 0 Å². The number of fused-ring (bicyclic) bond motifs is 9. The lowest BCUT2D eigenvalue weighted by atomic mass is 9.91. The highest BCUT2D eigenvalue weighted by molar-refractivity contribution is 6.28. The number of nitrogens with zero attached hydrogens (tertiary/aromatic N) is 4. The second kappa shape index (κ2) is 13.3. The fourth-order valence-corrected chi connectivity index (χ4v) is 9.12. The number of aromatic nitrogens is 4. The number of rotatable bonds is 5. The lowest BCUT2D eigenvalue weighted by Gasteiger charge is -2.14. The molecule has 0 fully saturated rings. The van der Waals surface area contributed by atoms with Crippen molar-refractivity contribution in [1.29, 1.82) is 0 Å². The van der Waals surface area contributed by atoms with Gasteiger partial charge in [0.1, 0.15) is 0 Å². The van der Waals surface area contributed by atoms with E-state index in [9.17, 15) is 0 Å². The van der Waals surface area contributed by atoms with Crippen molar-refractivity contribution in [2.24, 2.45) is 0 Å². The van der Waals surface area contributed by atoms with Crippen molar-refractivity contribution >= 4 is 32.6 Å². The summed E-state index contributed by atoms with van der Waals surface area (Å²) in [6.07, 6.45) is 0. The summed E-state index contributed by atoms with van der Waals surface area (Å²) in [5.41, 5.74) is 16.0. The standard InChI is InChI=1S/C55H34N4/c1-4-15-35(16-5-1)36-27-29-38(30-28-36)54-56-53(37-17-6-2-7-18-37)57-55(58-54)39-31-32-49-48(33-39)52-46-26-14-25-45-43-23-12-10-21-41(43)42-22-11-13-24-44(42)47(51(45)46)34-50(52)59(49)40-19-8-3-9-20-40/h1-34H. The van der Waals surface area contributed by atoms with Crippen LogP contribution in [-0.2, 0) is 0 Å². The van der Waals surface area contributed by atoms with E-state index in [1.54, 1.807) is 0 Å². The Bertz CT molecular complexity index is 3410. The third-order valence-electron chi connectivity index (χ3n) is 11.8. The van der Waals surface area contributed by atoms with Crippen LogP contribution >= 0.6 is 0 Å². The summed E-state index contributed by atoms with van der Waals surface area (Å²) in [6.45, 7) is 0. The summed E-state index contributed by atoms with van der Waals surface area (Å²) in [6, 6.07) is 73.4. The molecule has 274 valence electrons. The predicted octanol–water partition coefficient (Wildman–Crippen LogP) is 14.1. The van der Waals surface area contributed by atoms with Gasteiger partial charge in [0.15, 0.2) is 17.5 Å². The summed E-state index contributed by atoms with van der Waals surface area (Å²) in [7, 11) is 0. The molecule has 0 atom stereocenters. The van der Waals surface area contributed by atoms with Crippen LogP contribution in [0.15, 0.2) is 206 Å². The average molecular weight is 751 g/mol. The molecule has 0 spiro atoms. The molecule has 11 aromatic rings. The monoisotopic (exact) mass is 750 g/mol. The van der Waals surface area contributed by atoms with Crippen molar-refractivity contribution in [2.75, 3.05) is 0 Å². The first-order valence-corrected chi connectivity index (χ1v) is 20.0. The first-order chi connectivity index (χ1) is 29.3. The maximum absolute atomic E-state index is 5.20. The van der Waals surface area contributed by atoms with Gasteiger partial charge in [-0.25, -0.2) is 15.0 Å². The van der Waals surface area contributed by atoms with Crippen LogP contribution in [0.5, 0.6) is 0 Å². The van der Waals surface area contributed by atoms with Crippen LogP contribution in [0.1, 0.15) is 0 Å². The van der Waals surface area contributed by atoms with Crippen molar-refractivity contribution in [3.05, 3.63) is 206 Å². The molecule has 1 aliphatic rings. The van der Waals surface area contributed by atoms with Gasteiger partial charge in [0.2, 0.25) is 0 Å².